The highest BCUT2D eigenvalue weighted by molar-refractivity contribution is 6.06. The topological polar surface area (TPSA) is 164 Å². The van der Waals surface area contributed by atoms with Gasteiger partial charge in [0.2, 0.25) is 11.8 Å². The van der Waals surface area contributed by atoms with Gasteiger partial charge in [0, 0.05) is 37.4 Å². The summed E-state index contributed by atoms with van der Waals surface area (Å²) in [5.74, 6) is -1.21. The lowest BCUT2D eigenvalue weighted by Crippen LogP contribution is -2.51. The molecule has 1 saturated heterocycles. The molecular weight excluding hydrogens is 680 g/mol. The van der Waals surface area contributed by atoms with Crippen molar-refractivity contribution in [2.45, 2.75) is 70.7 Å². The van der Waals surface area contributed by atoms with Gasteiger partial charge in [-0.25, -0.2) is 9.69 Å². The number of carbonyl (C=O) groups excluding carboxylic acids is 5. The van der Waals surface area contributed by atoms with Crippen LogP contribution in [-0.2, 0) is 19.1 Å². The number of benzene rings is 3. The Morgan fingerprint density at radius 1 is 0.925 bits per heavy atom. The molecule has 0 saturated carbocycles. The third-order valence-electron chi connectivity index (χ3n) is 10.1. The molecule has 4 amide bonds. The van der Waals surface area contributed by atoms with Gasteiger partial charge in [-0.3, -0.25) is 19.2 Å². The molecule has 53 heavy (non-hydrogen) atoms. The van der Waals surface area contributed by atoms with E-state index in [2.05, 4.69) is 10.6 Å². The second kappa shape index (κ2) is 16.1. The van der Waals surface area contributed by atoms with E-state index in [1.807, 2.05) is 48.5 Å². The van der Waals surface area contributed by atoms with Crippen molar-refractivity contribution in [3.05, 3.63) is 77.4 Å². The summed E-state index contributed by atoms with van der Waals surface area (Å²) in [6.07, 6.45) is -0.978. The zero-order chi connectivity index (χ0) is 37.8. The Balaban J connectivity index is 1.17. The molecule has 6 rings (SSSR count). The largest absolute Gasteiger partial charge is 0.493 e. The Labute approximate surface area is 308 Å². The SMILES string of the molecule is COc1cc2c(cc1OCCC(=O)NC(C)C(=O)NCCC(=O)C(C)C)N(C(=O)OCC1c3ccccc3-c3ccccc31)C(O)C1CCCN1C2=O. The first-order valence-electron chi connectivity index (χ1n) is 18.1. The number of hydrogen-bond donors (Lipinski definition) is 3. The fourth-order valence-electron chi connectivity index (χ4n) is 7.27. The Kier molecular flexibility index (Phi) is 11.3. The molecule has 0 radical (unpaired) electrons. The monoisotopic (exact) mass is 726 g/mol. The molecule has 1 fully saturated rings. The minimum atomic E-state index is -1.40. The smallest absolute Gasteiger partial charge is 0.416 e. The highest BCUT2D eigenvalue weighted by atomic mass is 16.6. The molecule has 0 aromatic heterocycles. The first kappa shape index (κ1) is 37.3. The van der Waals surface area contributed by atoms with Gasteiger partial charge in [0.25, 0.3) is 5.91 Å². The molecule has 3 aromatic carbocycles. The van der Waals surface area contributed by atoms with Crippen molar-refractivity contribution in [2.24, 2.45) is 5.92 Å². The van der Waals surface area contributed by atoms with Crippen LogP contribution in [0.25, 0.3) is 11.1 Å². The highest BCUT2D eigenvalue weighted by Crippen LogP contribution is 2.45. The lowest BCUT2D eigenvalue weighted by Gasteiger charge is -2.32. The van der Waals surface area contributed by atoms with E-state index in [0.29, 0.717) is 19.4 Å². The Morgan fingerprint density at radius 3 is 2.26 bits per heavy atom. The Morgan fingerprint density at radius 2 is 1.60 bits per heavy atom. The number of hydrogen-bond acceptors (Lipinski definition) is 9. The van der Waals surface area contributed by atoms with Gasteiger partial charge in [-0.2, -0.15) is 0 Å². The number of carbonyl (C=O) groups is 5. The van der Waals surface area contributed by atoms with E-state index in [0.717, 1.165) is 27.2 Å². The van der Waals surface area contributed by atoms with E-state index in [-0.39, 0.29) is 78.9 Å². The van der Waals surface area contributed by atoms with Crippen LogP contribution in [0.5, 0.6) is 11.5 Å². The molecule has 13 heteroatoms. The maximum atomic E-state index is 14.1. The minimum Gasteiger partial charge on any atom is -0.493 e. The number of amides is 4. The molecule has 1 aliphatic carbocycles. The summed E-state index contributed by atoms with van der Waals surface area (Å²) in [5, 5.41) is 17.0. The van der Waals surface area contributed by atoms with Crippen LogP contribution in [0.15, 0.2) is 60.7 Å². The van der Waals surface area contributed by atoms with Crippen LogP contribution in [-0.4, -0.2) is 91.3 Å². The van der Waals surface area contributed by atoms with E-state index in [9.17, 15) is 29.1 Å². The van der Waals surface area contributed by atoms with Crippen LogP contribution in [0.1, 0.15) is 73.9 Å². The molecule has 2 aliphatic heterocycles. The van der Waals surface area contributed by atoms with Gasteiger partial charge in [-0.1, -0.05) is 62.4 Å². The standard InChI is InChI=1S/C40H46N4O9/c1-23(2)33(45)15-17-41-37(47)24(3)42-36(46)16-19-52-35-21-32-29(20-34(35)51-4)38(48)43-18-9-14-31(43)39(49)44(32)40(50)53-22-30-27-12-7-5-10-25(27)26-11-6-8-13-28(26)30/h5-8,10-13,20-21,23-24,30-31,39,49H,9,14-19,22H2,1-4H3,(H,41,47)(H,42,46). The van der Waals surface area contributed by atoms with Crippen LogP contribution >= 0.6 is 0 Å². The zero-order valence-electron chi connectivity index (χ0n) is 30.4. The van der Waals surface area contributed by atoms with Gasteiger partial charge < -0.3 is 34.9 Å². The number of ether oxygens (including phenoxy) is 3. The predicted octanol–water partition coefficient (Wildman–Crippen LogP) is 4.39. The van der Waals surface area contributed by atoms with Crippen molar-refractivity contribution < 1.29 is 43.3 Å². The summed E-state index contributed by atoms with van der Waals surface area (Å²) in [4.78, 5) is 67.6. The molecule has 3 N–H and O–H groups in total. The van der Waals surface area contributed by atoms with Crippen molar-refractivity contribution in [2.75, 3.05) is 38.3 Å². The van der Waals surface area contributed by atoms with Crippen molar-refractivity contribution >= 4 is 35.3 Å². The summed E-state index contributed by atoms with van der Waals surface area (Å²) in [7, 11) is 1.41. The maximum absolute atomic E-state index is 14.1. The number of fused-ring (bicyclic) bond motifs is 5. The number of aliphatic hydroxyl groups is 1. The lowest BCUT2D eigenvalue weighted by molar-refractivity contribution is -0.129. The quantitative estimate of drug-likeness (QED) is 0.232. The molecule has 0 spiro atoms. The number of anilines is 1. The number of nitrogens with one attached hydrogen (secondary N) is 2. The second-order valence-electron chi connectivity index (χ2n) is 13.9. The van der Waals surface area contributed by atoms with Gasteiger partial charge in [-0.15, -0.1) is 0 Å². The predicted molar refractivity (Wildman–Crippen MR) is 196 cm³/mol. The lowest BCUT2D eigenvalue weighted by atomic mass is 9.98. The second-order valence-corrected chi connectivity index (χ2v) is 13.9. The third kappa shape index (κ3) is 7.71. The average molecular weight is 727 g/mol. The minimum absolute atomic E-state index is 0.00881. The first-order chi connectivity index (χ1) is 25.5. The summed E-state index contributed by atoms with van der Waals surface area (Å²) in [5.41, 5.74) is 4.45. The number of nitrogens with zero attached hydrogens (tertiary/aromatic N) is 2. The van der Waals surface area contributed by atoms with Crippen LogP contribution in [0, 0.1) is 5.92 Å². The summed E-state index contributed by atoms with van der Waals surface area (Å²) < 4.78 is 17.5. The van der Waals surface area contributed by atoms with E-state index >= 15 is 0 Å². The van der Waals surface area contributed by atoms with Gasteiger partial charge in [0.05, 0.1) is 37.4 Å². The van der Waals surface area contributed by atoms with Crippen molar-refractivity contribution in [1.82, 2.24) is 15.5 Å². The molecule has 3 unspecified atom stereocenters. The Bertz CT molecular complexity index is 1850. The fraction of sp³-hybridized carbons (Fsp3) is 0.425. The first-order valence-corrected chi connectivity index (χ1v) is 18.1. The normalized spacial score (nSPS) is 18.0. The zero-order valence-corrected chi connectivity index (χ0v) is 30.4. The van der Waals surface area contributed by atoms with Crippen molar-refractivity contribution in [3.63, 3.8) is 0 Å². The van der Waals surface area contributed by atoms with E-state index in [1.165, 1.54) is 19.2 Å². The number of aliphatic hydroxyl groups excluding tert-OH is 1. The number of Topliss-reactive ketones (excluding diaryl/α,β-unsaturated/α-hetero) is 1. The molecule has 3 atom stereocenters. The van der Waals surface area contributed by atoms with Crippen LogP contribution < -0.4 is 25.0 Å². The van der Waals surface area contributed by atoms with Gasteiger partial charge in [0.15, 0.2) is 17.7 Å². The van der Waals surface area contributed by atoms with Crippen LogP contribution in [0.4, 0.5) is 10.5 Å². The maximum Gasteiger partial charge on any atom is 0.416 e. The van der Waals surface area contributed by atoms with Gasteiger partial charge in [-0.05, 0) is 48.1 Å². The molecule has 2 heterocycles. The van der Waals surface area contributed by atoms with E-state index in [1.54, 1.807) is 25.7 Å². The molecule has 3 aliphatic rings. The molecule has 280 valence electrons. The van der Waals surface area contributed by atoms with Gasteiger partial charge >= 0.3 is 6.09 Å². The fourth-order valence-corrected chi connectivity index (χ4v) is 7.27. The Hall–Kier alpha value is -5.43. The summed E-state index contributed by atoms with van der Waals surface area (Å²) in [6, 6.07) is 17.4. The van der Waals surface area contributed by atoms with Gasteiger partial charge in [0.1, 0.15) is 18.4 Å². The highest BCUT2D eigenvalue weighted by Gasteiger charge is 2.45. The number of rotatable bonds is 13. The van der Waals surface area contributed by atoms with Crippen molar-refractivity contribution in [1.29, 1.82) is 0 Å². The van der Waals surface area contributed by atoms with E-state index < -0.39 is 36.2 Å². The molecular formula is C40H46N4O9. The van der Waals surface area contributed by atoms with Crippen LogP contribution in [0.3, 0.4) is 0 Å². The third-order valence-corrected chi connectivity index (χ3v) is 10.1. The van der Waals surface area contributed by atoms with Crippen molar-refractivity contribution in [3.8, 4) is 22.6 Å². The van der Waals surface area contributed by atoms with Crippen LogP contribution in [0.2, 0.25) is 0 Å². The molecule has 3 aromatic rings. The summed E-state index contributed by atoms with van der Waals surface area (Å²) >= 11 is 0. The average Bonchev–Trinajstić information content (AvgIpc) is 3.75. The molecule has 13 nitrogen and oxygen atoms in total. The van der Waals surface area contributed by atoms with E-state index in [4.69, 9.17) is 14.2 Å². The number of ketones is 1. The molecule has 0 bridgehead atoms. The summed E-state index contributed by atoms with van der Waals surface area (Å²) in [6.45, 7) is 5.61. The number of methoxy groups -OCH3 is 1.